The lowest BCUT2D eigenvalue weighted by molar-refractivity contribution is 0.371. The number of aromatic nitrogens is 2. The van der Waals surface area contributed by atoms with Crippen LogP contribution < -0.4 is 0 Å². The molecule has 0 saturated carbocycles. The molecule has 0 bridgehead atoms. The summed E-state index contributed by atoms with van der Waals surface area (Å²) in [5.41, 5.74) is 0.346. The Balaban J connectivity index is 2.66. The minimum atomic E-state index is -3.95. The molecule has 56 valence electrons. The van der Waals surface area contributed by atoms with Crippen molar-refractivity contribution >= 4 is 19.3 Å². The van der Waals surface area contributed by atoms with E-state index >= 15 is 0 Å². The van der Waals surface area contributed by atoms with Crippen molar-refractivity contribution in [1.82, 2.24) is 8.75 Å². The van der Waals surface area contributed by atoms with Crippen molar-refractivity contribution in [2.24, 2.45) is 0 Å². The SMILES string of the molecule is O=P(O)(O)Cc1cnsn1. The van der Waals surface area contributed by atoms with Crippen molar-refractivity contribution < 1.29 is 14.4 Å². The molecule has 1 rings (SSSR count). The fourth-order valence-electron chi connectivity index (χ4n) is 0.465. The van der Waals surface area contributed by atoms with E-state index in [0.717, 1.165) is 11.7 Å². The molecule has 5 nitrogen and oxygen atoms in total. The first-order chi connectivity index (χ1) is 4.58. The van der Waals surface area contributed by atoms with Gasteiger partial charge in [-0.25, -0.2) is 0 Å². The lowest BCUT2D eigenvalue weighted by Gasteiger charge is -1.97. The normalized spacial score (nSPS) is 11.8. The Kier molecular flexibility index (Phi) is 2.15. The van der Waals surface area contributed by atoms with Gasteiger partial charge in [-0.05, 0) is 0 Å². The molecule has 0 aliphatic heterocycles. The molecule has 0 radical (unpaired) electrons. The van der Waals surface area contributed by atoms with Crippen LogP contribution in [0.2, 0.25) is 0 Å². The lowest BCUT2D eigenvalue weighted by Crippen LogP contribution is -1.85. The Bertz CT molecular complexity index is 242. The highest BCUT2D eigenvalue weighted by Crippen LogP contribution is 2.38. The predicted octanol–water partition coefficient (Wildman–Crippen LogP) is 0.216. The smallest absolute Gasteiger partial charge is 0.324 e. The van der Waals surface area contributed by atoms with E-state index in [-0.39, 0.29) is 6.16 Å². The third-order valence-electron chi connectivity index (χ3n) is 0.775. The van der Waals surface area contributed by atoms with E-state index in [0.29, 0.717) is 5.69 Å². The van der Waals surface area contributed by atoms with E-state index in [4.69, 9.17) is 9.79 Å². The quantitative estimate of drug-likeness (QED) is 0.636. The Morgan fingerprint density at radius 1 is 1.70 bits per heavy atom. The third-order valence-corrected chi connectivity index (χ3v) is 2.03. The van der Waals surface area contributed by atoms with Crippen LogP contribution in [0.1, 0.15) is 5.69 Å². The van der Waals surface area contributed by atoms with Gasteiger partial charge in [0.05, 0.1) is 29.8 Å². The molecule has 0 aromatic carbocycles. The number of rotatable bonds is 2. The molecule has 7 heteroatoms. The first kappa shape index (κ1) is 7.81. The molecule has 10 heavy (non-hydrogen) atoms. The van der Waals surface area contributed by atoms with Gasteiger partial charge < -0.3 is 9.79 Å². The van der Waals surface area contributed by atoms with Crippen LogP contribution in [0.25, 0.3) is 0 Å². The maximum absolute atomic E-state index is 10.3. The van der Waals surface area contributed by atoms with Gasteiger partial charge in [-0.15, -0.1) is 0 Å². The van der Waals surface area contributed by atoms with Gasteiger partial charge in [0.1, 0.15) is 0 Å². The van der Waals surface area contributed by atoms with E-state index in [9.17, 15) is 4.57 Å². The molecule has 1 aromatic rings. The molecule has 0 saturated heterocycles. The second kappa shape index (κ2) is 2.75. The van der Waals surface area contributed by atoms with Crippen LogP contribution in [0.5, 0.6) is 0 Å². The first-order valence-corrected chi connectivity index (χ1v) is 4.92. The lowest BCUT2D eigenvalue weighted by atomic mass is 10.6. The average molecular weight is 180 g/mol. The fraction of sp³-hybridized carbons (Fsp3) is 0.333. The molecular weight excluding hydrogens is 175 g/mol. The highest BCUT2D eigenvalue weighted by Gasteiger charge is 2.15. The molecule has 0 unspecified atom stereocenters. The second-order valence-corrected chi connectivity index (χ2v) is 3.92. The van der Waals surface area contributed by atoms with E-state index in [1.807, 2.05) is 0 Å². The Morgan fingerprint density at radius 3 is 2.80 bits per heavy atom. The highest BCUT2D eigenvalue weighted by atomic mass is 32.1. The second-order valence-electron chi connectivity index (χ2n) is 1.72. The zero-order valence-corrected chi connectivity index (χ0v) is 6.55. The number of hydrogen-bond donors (Lipinski definition) is 2. The third kappa shape index (κ3) is 2.53. The summed E-state index contributed by atoms with van der Waals surface area (Å²) in [6, 6.07) is 0. The predicted molar refractivity (Wildman–Crippen MR) is 35.7 cm³/mol. The maximum atomic E-state index is 10.3. The Hall–Kier alpha value is -0.290. The van der Waals surface area contributed by atoms with Crippen molar-refractivity contribution in [3.05, 3.63) is 11.9 Å². The van der Waals surface area contributed by atoms with Crippen molar-refractivity contribution in [2.45, 2.75) is 6.16 Å². The van der Waals surface area contributed by atoms with Crippen molar-refractivity contribution in [3.8, 4) is 0 Å². The van der Waals surface area contributed by atoms with Gasteiger partial charge in [0.25, 0.3) is 0 Å². The molecule has 0 aliphatic rings. The summed E-state index contributed by atoms with van der Waals surface area (Å²) in [5, 5.41) is 0. The standard InChI is InChI=1S/C3H5N2O3PS/c6-9(7,8)2-3-1-4-10-5-3/h1H,2H2,(H2,6,7,8). The number of hydrogen-bond acceptors (Lipinski definition) is 4. The van der Waals surface area contributed by atoms with Gasteiger partial charge in [-0.2, -0.15) is 8.75 Å². The molecule has 1 heterocycles. The number of nitrogens with zero attached hydrogens (tertiary/aromatic N) is 2. The monoisotopic (exact) mass is 180 g/mol. The van der Waals surface area contributed by atoms with Gasteiger partial charge in [0, 0.05) is 0 Å². The van der Waals surface area contributed by atoms with Crippen LogP contribution in [-0.4, -0.2) is 18.5 Å². The molecule has 0 spiro atoms. The summed E-state index contributed by atoms with van der Waals surface area (Å²) >= 11 is 0.937. The van der Waals surface area contributed by atoms with Gasteiger partial charge in [-0.3, -0.25) is 4.57 Å². The first-order valence-electron chi connectivity index (χ1n) is 2.39. The average Bonchev–Trinajstić information content (AvgIpc) is 2.12. The molecule has 0 aliphatic carbocycles. The summed E-state index contributed by atoms with van der Waals surface area (Å²) < 4.78 is 17.6. The summed E-state index contributed by atoms with van der Waals surface area (Å²) in [6.45, 7) is 0. The summed E-state index contributed by atoms with van der Waals surface area (Å²) in [6.07, 6.45) is 1.03. The van der Waals surface area contributed by atoms with Crippen LogP contribution in [0.4, 0.5) is 0 Å². The van der Waals surface area contributed by atoms with E-state index in [2.05, 4.69) is 8.75 Å². The maximum Gasteiger partial charge on any atom is 0.331 e. The van der Waals surface area contributed by atoms with E-state index in [1.54, 1.807) is 0 Å². The molecular formula is C3H5N2O3PS. The Labute approximate surface area is 61.2 Å². The van der Waals surface area contributed by atoms with Crippen LogP contribution in [0.3, 0.4) is 0 Å². The van der Waals surface area contributed by atoms with Crippen molar-refractivity contribution in [3.63, 3.8) is 0 Å². The van der Waals surface area contributed by atoms with Crippen molar-refractivity contribution in [2.75, 3.05) is 0 Å². The van der Waals surface area contributed by atoms with Crippen LogP contribution in [-0.2, 0) is 10.7 Å². The molecule has 0 atom stereocenters. The van der Waals surface area contributed by atoms with Gasteiger partial charge >= 0.3 is 7.60 Å². The van der Waals surface area contributed by atoms with Gasteiger partial charge in [0.15, 0.2) is 0 Å². The molecule has 0 amide bonds. The summed E-state index contributed by atoms with van der Waals surface area (Å²) in [4.78, 5) is 16.9. The zero-order chi connectivity index (χ0) is 7.61. The molecule has 0 fully saturated rings. The zero-order valence-electron chi connectivity index (χ0n) is 4.84. The minimum absolute atomic E-state index is 0.316. The summed E-state index contributed by atoms with van der Waals surface area (Å²) in [5.74, 6) is 0. The van der Waals surface area contributed by atoms with E-state index < -0.39 is 7.60 Å². The summed E-state index contributed by atoms with van der Waals surface area (Å²) in [7, 11) is -3.95. The molecule has 1 aromatic heterocycles. The van der Waals surface area contributed by atoms with Crippen molar-refractivity contribution in [1.29, 1.82) is 0 Å². The fourth-order valence-corrected chi connectivity index (χ4v) is 1.57. The van der Waals surface area contributed by atoms with Crippen LogP contribution in [0, 0.1) is 0 Å². The largest absolute Gasteiger partial charge is 0.331 e. The van der Waals surface area contributed by atoms with E-state index in [1.165, 1.54) is 6.20 Å². The van der Waals surface area contributed by atoms with Gasteiger partial charge in [-0.1, -0.05) is 0 Å². The minimum Gasteiger partial charge on any atom is -0.324 e. The topological polar surface area (TPSA) is 83.3 Å². The van der Waals surface area contributed by atoms with Crippen LogP contribution >= 0.6 is 19.3 Å². The molecule has 2 N–H and O–H groups in total. The van der Waals surface area contributed by atoms with Crippen LogP contribution in [0.15, 0.2) is 6.20 Å². The highest BCUT2D eigenvalue weighted by molar-refractivity contribution is 7.50. The van der Waals surface area contributed by atoms with Gasteiger partial charge in [0.2, 0.25) is 0 Å². The Morgan fingerprint density at radius 2 is 2.40 bits per heavy atom.